The number of fused-ring (bicyclic) bond motifs is 4. The number of aryl methyl sites for hydroxylation is 1. The van der Waals surface area contributed by atoms with E-state index in [1.807, 2.05) is 49.4 Å². The van der Waals surface area contributed by atoms with Crippen LogP contribution in [0.25, 0.3) is 21.7 Å². The Morgan fingerprint density at radius 1 is 0.754 bits per heavy atom. The molecule has 0 spiro atoms. The second-order valence-corrected chi connectivity index (χ2v) is 14.1. The summed E-state index contributed by atoms with van der Waals surface area (Å²) in [4.78, 5) is 48.9. The number of aliphatic carboxylic acids is 3. The van der Waals surface area contributed by atoms with Crippen molar-refractivity contribution in [2.45, 2.75) is 70.8 Å². The van der Waals surface area contributed by atoms with Gasteiger partial charge in [-0.15, -0.1) is 0 Å². The minimum absolute atomic E-state index is 0.00474. The molecular formula is C47H49NO9. The van der Waals surface area contributed by atoms with Crippen molar-refractivity contribution in [2.24, 2.45) is 0 Å². The Bertz CT molecular complexity index is 2380. The van der Waals surface area contributed by atoms with Crippen LogP contribution >= 0.6 is 0 Å². The number of methoxy groups -OCH3 is 1. The Morgan fingerprint density at radius 3 is 2.02 bits per heavy atom. The van der Waals surface area contributed by atoms with Gasteiger partial charge in [-0.05, 0) is 84.3 Å². The summed E-state index contributed by atoms with van der Waals surface area (Å²) < 4.78 is 11.1. The van der Waals surface area contributed by atoms with Crippen molar-refractivity contribution < 1.29 is 44.0 Å². The highest BCUT2D eigenvalue weighted by atomic mass is 16.5. The zero-order chi connectivity index (χ0) is 41.3. The van der Waals surface area contributed by atoms with Crippen molar-refractivity contribution >= 4 is 45.4 Å². The Hall–Kier alpha value is -6.26. The monoisotopic (exact) mass is 771 g/mol. The average molecular weight is 772 g/mol. The van der Waals surface area contributed by atoms with Gasteiger partial charge in [0.25, 0.3) is 0 Å². The van der Waals surface area contributed by atoms with Gasteiger partial charge in [0.15, 0.2) is 5.78 Å². The molecule has 0 amide bonds. The number of ketones is 1. The van der Waals surface area contributed by atoms with Crippen LogP contribution in [0.15, 0.2) is 109 Å². The molecule has 7 rings (SSSR count). The smallest absolute Gasteiger partial charge is 0.310 e. The van der Waals surface area contributed by atoms with Crippen molar-refractivity contribution in [2.75, 3.05) is 13.7 Å². The fourth-order valence-corrected chi connectivity index (χ4v) is 7.11. The number of carbonyl (C=O) groups excluding carboxylic acids is 1. The molecule has 0 fully saturated rings. The van der Waals surface area contributed by atoms with E-state index in [4.69, 9.17) is 19.7 Å². The summed E-state index contributed by atoms with van der Waals surface area (Å²) in [5.74, 6) is -2.93. The van der Waals surface area contributed by atoms with E-state index in [0.717, 1.165) is 46.1 Å². The normalized spacial score (nSPS) is 15.5. The van der Waals surface area contributed by atoms with Gasteiger partial charge >= 0.3 is 17.9 Å². The summed E-state index contributed by atoms with van der Waals surface area (Å²) in [6, 6.07) is 33.5. The lowest BCUT2D eigenvalue weighted by molar-refractivity contribution is -0.148. The zero-order valence-electron chi connectivity index (χ0n) is 32.9. The molecule has 0 bridgehead atoms. The number of carbonyl (C=O) groups is 4. The standard InChI is InChI=1S/C17H21NO3.C16H14O3.C14H14O3/c1-3-11-6-5-7-12-13-8-9-21-17(4-2,10-14(19)20)16(13)18-15(11)12;1-11(16(18)19)13-8-5-9-14(10-13)15(17)12-6-3-2-4-7-12;1-9(14(15)16)10-3-4-12-8-13(17-2)6-5-11(12)7-10/h5-7,18H,3-4,8-10H2,1-2H3,(H,19,20);2-11H,1H3,(H,18,19);3-9H,1-2H3,(H,15,16)/t;;9-/m..0/s1. The molecule has 2 heterocycles. The van der Waals surface area contributed by atoms with E-state index in [1.54, 1.807) is 69.5 Å². The average Bonchev–Trinajstić information content (AvgIpc) is 3.63. The minimum Gasteiger partial charge on any atom is -0.497 e. The molecule has 1 aromatic heterocycles. The summed E-state index contributed by atoms with van der Waals surface area (Å²) >= 11 is 0. The Labute approximate surface area is 332 Å². The van der Waals surface area contributed by atoms with Gasteiger partial charge in [0.05, 0.1) is 37.7 Å². The molecule has 2 unspecified atom stereocenters. The van der Waals surface area contributed by atoms with E-state index in [9.17, 15) is 24.3 Å². The quantitative estimate of drug-likeness (QED) is 0.0940. The van der Waals surface area contributed by atoms with Crippen LogP contribution in [0, 0.1) is 0 Å². The predicted molar refractivity (Wildman–Crippen MR) is 220 cm³/mol. The van der Waals surface area contributed by atoms with Gasteiger partial charge in [0, 0.05) is 22.0 Å². The first-order chi connectivity index (χ1) is 27.3. The summed E-state index contributed by atoms with van der Waals surface area (Å²) in [5, 5.41) is 30.5. The van der Waals surface area contributed by atoms with Crippen molar-refractivity contribution in [3.8, 4) is 5.75 Å². The van der Waals surface area contributed by atoms with Crippen LogP contribution in [0.1, 0.15) is 96.2 Å². The first-order valence-corrected chi connectivity index (χ1v) is 19.0. The van der Waals surface area contributed by atoms with Crippen LogP contribution in [0.3, 0.4) is 0 Å². The summed E-state index contributed by atoms with van der Waals surface area (Å²) in [7, 11) is 1.63. The Balaban J connectivity index is 0.000000164. The third-order valence-corrected chi connectivity index (χ3v) is 10.6. The molecule has 0 aliphatic carbocycles. The first-order valence-electron chi connectivity index (χ1n) is 19.0. The predicted octanol–water partition coefficient (Wildman–Crippen LogP) is 9.53. The number of H-pyrrole nitrogens is 1. The fraction of sp³-hybridized carbons (Fsp3) is 0.277. The van der Waals surface area contributed by atoms with E-state index in [2.05, 4.69) is 30.1 Å². The van der Waals surface area contributed by atoms with Crippen molar-refractivity contribution in [3.05, 3.63) is 148 Å². The SMILES string of the molecule is CC(C(=O)O)c1cccc(C(=O)c2ccccc2)c1.CCc1cccc2c3c([nH]c12)C(CC)(CC(=O)O)OCC3.COc1ccc2cc([C@H](C)C(=O)O)ccc2c1. The maximum atomic E-state index is 12.2. The molecule has 5 aromatic carbocycles. The van der Waals surface area contributed by atoms with Crippen LogP contribution in [-0.4, -0.2) is 57.7 Å². The van der Waals surface area contributed by atoms with Gasteiger partial charge in [0.2, 0.25) is 0 Å². The molecule has 6 aromatic rings. The molecule has 10 heteroatoms. The molecule has 0 saturated heterocycles. The van der Waals surface area contributed by atoms with Gasteiger partial charge in [-0.3, -0.25) is 19.2 Å². The number of aromatic nitrogens is 1. The molecule has 0 radical (unpaired) electrons. The molecule has 1 aliphatic rings. The molecule has 3 atom stereocenters. The second kappa shape index (κ2) is 18.6. The summed E-state index contributed by atoms with van der Waals surface area (Å²) in [6.07, 6.45) is 2.45. The number of hydrogen-bond acceptors (Lipinski definition) is 6. The lowest BCUT2D eigenvalue weighted by Gasteiger charge is -2.35. The lowest BCUT2D eigenvalue weighted by atomic mass is 9.86. The molecule has 1 aliphatic heterocycles. The highest BCUT2D eigenvalue weighted by Gasteiger charge is 2.41. The molecule has 0 saturated carbocycles. The molecule has 10 nitrogen and oxygen atoms in total. The van der Waals surface area contributed by atoms with E-state index in [-0.39, 0.29) is 12.2 Å². The number of rotatable bonds is 11. The first kappa shape index (κ1) is 41.9. The van der Waals surface area contributed by atoms with E-state index in [0.29, 0.717) is 29.7 Å². The highest BCUT2D eigenvalue weighted by molar-refractivity contribution is 6.09. The number of para-hydroxylation sites is 1. The third kappa shape index (κ3) is 9.59. The van der Waals surface area contributed by atoms with Crippen molar-refractivity contribution in [3.63, 3.8) is 0 Å². The largest absolute Gasteiger partial charge is 0.497 e. The van der Waals surface area contributed by atoms with Crippen LogP contribution < -0.4 is 4.74 Å². The lowest BCUT2D eigenvalue weighted by Crippen LogP contribution is -2.37. The van der Waals surface area contributed by atoms with E-state index < -0.39 is 35.3 Å². The molecule has 57 heavy (non-hydrogen) atoms. The Kier molecular flexibility index (Phi) is 13.7. The van der Waals surface area contributed by atoms with E-state index >= 15 is 0 Å². The number of hydrogen-bond donors (Lipinski definition) is 4. The van der Waals surface area contributed by atoms with Gasteiger partial charge in [-0.1, -0.05) is 105 Å². The van der Waals surface area contributed by atoms with Gasteiger partial charge in [-0.2, -0.15) is 0 Å². The maximum Gasteiger partial charge on any atom is 0.310 e. The topological polar surface area (TPSA) is 163 Å². The van der Waals surface area contributed by atoms with Gasteiger partial charge in [-0.25, -0.2) is 0 Å². The van der Waals surface area contributed by atoms with Crippen LogP contribution in [-0.2, 0) is 37.6 Å². The highest BCUT2D eigenvalue weighted by Crippen LogP contribution is 2.42. The van der Waals surface area contributed by atoms with E-state index in [1.165, 1.54) is 16.5 Å². The zero-order valence-corrected chi connectivity index (χ0v) is 32.9. The van der Waals surface area contributed by atoms with Gasteiger partial charge < -0.3 is 29.8 Å². The van der Waals surface area contributed by atoms with Crippen LogP contribution in [0.5, 0.6) is 5.75 Å². The molecule has 296 valence electrons. The Morgan fingerprint density at radius 2 is 1.39 bits per heavy atom. The number of carboxylic acid groups (broad SMARTS) is 3. The number of ether oxygens (including phenoxy) is 2. The summed E-state index contributed by atoms with van der Waals surface area (Å²) in [5.41, 5.74) is 6.44. The number of nitrogens with one attached hydrogen (secondary N) is 1. The van der Waals surface area contributed by atoms with Gasteiger partial charge in [0.1, 0.15) is 11.4 Å². The van der Waals surface area contributed by atoms with Crippen LogP contribution in [0.4, 0.5) is 0 Å². The summed E-state index contributed by atoms with van der Waals surface area (Å²) in [6.45, 7) is 8.00. The second-order valence-electron chi connectivity index (χ2n) is 14.1. The van der Waals surface area contributed by atoms with Crippen molar-refractivity contribution in [1.29, 1.82) is 0 Å². The van der Waals surface area contributed by atoms with Crippen LogP contribution in [0.2, 0.25) is 0 Å². The molecular weight excluding hydrogens is 723 g/mol. The molecule has 4 N–H and O–H groups in total. The fourth-order valence-electron chi connectivity index (χ4n) is 7.11. The number of benzene rings is 5. The minimum atomic E-state index is -0.899. The van der Waals surface area contributed by atoms with Crippen molar-refractivity contribution in [1.82, 2.24) is 4.98 Å². The number of carboxylic acids is 3. The third-order valence-electron chi connectivity index (χ3n) is 10.6. The number of aromatic amines is 1. The maximum absolute atomic E-state index is 12.2.